The summed E-state index contributed by atoms with van der Waals surface area (Å²) in [6.07, 6.45) is 4.01. The van der Waals surface area contributed by atoms with Crippen LogP contribution < -0.4 is 0 Å². The van der Waals surface area contributed by atoms with Gasteiger partial charge in [0.05, 0.1) is 6.34 Å². The number of hydrogen-bond donors (Lipinski definition) is 0. The van der Waals surface area contributed by atoms with Crippen LogP contribution in [0.4, 0.5) is 0 Å². The van der Waals surface area contributed by atoms with Crippen molar-refractivity contribution in [2.75, 3.05) is 39.2 Å². The minimum atomic E-state index is 0.790. The van der Waals surface area contributed by atoms with E-state index in [4.69, 9.17) is 0 Å². The van der Waals surface area contributed by atoms with E-state index in [1.807, 2.05) is 32.2 Å². The molecule has 0 saturated carbocycles. The van der Waals surface area contributed by atoms with E-state index in [1.165, 1.54) is 0 Å². The van der Waals surface area contributed by atoms with Crippen LogP contribution in [0, 0.1) is 0 Å². The van der Waals surface area contributed by atoms with Crippen LogP contribution >= 0.6 is 11.8 Å². The van der Waals surface area contributed by atoms with Gasteiger partial charge in [-0.2, -0.15) is 11.8 Å². The fourth-order valence-electron chi connectivity index (χ4n) is 1.51. The second kappa shape index (κ2) is 6.69. The average Bonchev–Trinajstić information content (AvgIpc) is 2.69. The van der Waals surface area contributed by atoms with E-state index in [9.17, 15) is 0 Å². The quantitative estimate of drug-likeness (QED) is 0.751. The lowest BCUT2D eigenvalue weighted by atomic mass is 10.3. The molecule has 1 aliphatic heterocycles. The van der Waals surface area contributed by atoms with E-state index >= 15 is 0 Å². The lowest BCUT2D eigenvalue weighted by molar-refractivity contribution is 0.508. The zero-order valence-electron chi connectivity index (χ0n) is 11.4. The molecule has 0 unspecified atom stereocenters. The fourth-order valence-corrected chi connectivity index (χ4v) is 1.89. The summed E-state index contributed by atoms with van der Waals surface area (Å²) >= 11 is 1.84. The van der Waals surface area contributed by atoms with Gasteiger partial charge in [0.2, 0.25) is 0 Å². The predicted octanol–water partition coefficient (Wildman–Crippen LogP) is 1.90. The average molecular weight is 254 g/mol. The fraction of sp³-hybridized carbons (Fsp3) is 0.667. The summed E-state index contributed by atoms with van der Waals surface area (Å²) in [6.45, 7) is 5.89. The summed E-state index contributed by atoms with van der Waals surface area (Å²) in [5, 5.41) is 0. The maximum Gasteiger partial charge on any atom is 0.157 e. The molecule has 0 aliphatic carbocycles. The minimum absolute atomic E-state index is 0.790. The first-order chi connectivity index (χ1) is 8.11. The molecule has 0 amide bonds. The third kappa shape index (κ3) is 3.49. The number of amidine groups is 1. The van der Waals surface area contributed by atoms with Crippen LogP contribution in [-0.4, -0.2) is 61.2 Å². The third-order valence-corrected chi connectivity index (χ3v) is 3.26. The van der Waals surface area contributed by atoms with Crippen molar-refractivity contribution in [3.8, 4) is 0 Å². The molecule has 1 aliphatic rings. The van der Waals surface area contributed by atoms with Gasteiger partial charge in [0.25, 0.3) is 0 Å². The minimum Gasteiger partial charge on any atom is -0.379 e. The van der Waals surface area contributed by atoms with Crippen LogP contribution in [0.2, 0.25) is 0 Å². The van der Waals surface area contributed by atoms with Crippen LogP contribution in [0.15, 0.2) is 21.4 Å². The SMILES string of the molecule is CCN=C1/C(=C(\C)N(C)C)N=CN1CCSC. The standard InChI is InChI=1S/C12H22N4S/c1-6-13-12-11(10(2)15(3)4)14-9-16(12)7-8-17-5/h9H,6-8H2,1-5H3/b11-10-,13-12?. The lowest BCUT2D eigenvalue weighted by Crippen LogP contribution is -2.29. The molecule has 0 aromatic heterocycles. The topological polar surface area (TPSA) is 31.2 Å². The third-order valence-electron chi connectivity index (χ3n) is 2.67. The van der Waals surface area contributed by atoms with Gasteiger partial charge in [-0.3, -0.25) is 4.99 Å². The summed E-state index contributed by atoms with van der Waals surface area (Å²) in [4.78, 5) is 13.3. The Bertz CT molecular complexity index is 344. The zero-order valence-corrected chi connectivity index (χ0v) is 12.2. The van der Waals surface area contributed by atoms with E-state index in [1.54, 1.807) is 0 Å². The van der Waals surface area contributed by atoms with E-state index in [0.29, 0.717) is 0 Å². The molecule has 0 aromatic carbocycles. The number of aliphatic imine (C=N–C) groups is 2. The Kier molecular flexibility index (Phi) is 5.55. The molecule has 0 bridgehead atoms. The summed E-state index contributed by atoms with van der Waals surface area (Å²) in [7, 11) is 4.07. The molecule has 1 heterocycles. The van der Waals surface area contributed by atoms with Crippen LogP contribution in [0.3, 0.4) is 0 Å². The molecule has 5 heteroatoms. The highest BCUT2D eigenvalue weighted by molar-refractivity contribution is 7.98. The molecule has 0 saturated heterocycles. The van der Waals surface area contributed by atoms with Crippen LogP contribution in [0.5, 0.6) is 0 Å². The maximum absolute atomic E-state index is 4.57. The molecule has 0 N–H and O–H groups in total. The number of hydrogen-bond acceptors (Lipinski definition) is 4. The zero-order chi connectivity index (χ0) is 12.8. The van der Waals surface area contributed by atoms with Gasteiger partial charge in [0.1, 0.15) is 5.70 Å². The summed E-state index contributed by atoms with van der Waals surface area (Å²) in [6, 6.07) is 0. The molecule has 17 heavy (non-hydrogen) atoms. The number of nitrogens with zero attached hydrogens (tertiary/aromatic N) is 4. The maximum atomic E-state index is 4.57. The summed E-state index contributed by atoms with van der Waals surface area (Å²) in [5.74, 6) is 2.09. The van der Waals surface area contributed by atoms with Crippen molar-refractivity contribution in [2.24, 2.45) is 9.98 Å². The molecule has 0 aromatic rings. The normalized spacial score (nSPS) is 20.3. The Morgan fingerprint density at radius 3 is 2.76 bits per heavy atom. The Balaban J connectivity index is 2.93. The van der Waals surface area contributed by atoms with Gasteiger partial charge >= 0.3 is 0 Å². The van der Waals surface area contributed by atoms with Gasteiger partial charge in [-0.25, -0.2) is 4.99 Å². The summed E-state index contributed by atoms with van der Waals surface area (Å²) < 4.78 is 0. The predicted molar refractivity (Wildman–Crippen MR) is 77.9 cm³/mol. The first-order valence-electron chi connectivity index (χ1n) is 5.84. The summed E-state index contributed by atoms with van der Waals surface area (Å²) in [5.41, 5.74) is 2.15. The Morgan fingerprint density at radius 1 is 1.53 bits per heavy atom. The van der Waals surface area contributed by atoms with Crippen molar-refractivity contribution >= 4 is 23.9 Å². The van der Waals surface area contributed by atoms with E-state index in [-0.39, 0.29) is 0 Å². The number of allylic oxidation sites excluding steroid dienone is 1. The highest BCUT2D eigenvalue weighted by atomic mass is 32.2. The van der Waals surface area contributed by atoms with Gasteiger partial charge in [-0.05, 0) is 20.1 Å². The molecule has 0 spiro atoms. The van der Waals surface area contributed by atoms with E-state index < -0.39 is 0 Å². The van der Waals surface area contributed by atoms with Crippen molar-refractivity contribution in [1.82, 2.24) is 9.80 Å². The second-order valence-corrected chi connectivity index (χ2v) is 5.04. The van der Waals surface area contributed by atoms with Crippen molar-refractivity contribution < 1.29 is 0 Å². The smallest absolute Gasteiger partial charge is 0.157 e. The Labute approximate surface area is 108 Å². The largest absolute Gasteiger partial charge is 0.379 e. The van der Waals surface area contributed by atoms with Gasteiger partial charge in [-0.15, -0.1) is 0 Å². The second-order valence-electron chi connectivity index (χ2n) is 4.06. The first-order valence-corrected chi connectivity index (χ1v) is 7.24. The van der Waals surface area contributed by atoms with Crippen LogP contribution in [0.25, 0.3) is 0 Å². The molecule has 4 nitrogen and oxygen atoms in total. The van der Waals surface area contributed by atoms with Crippen molar-refractivity contribution in [2.45, 2.75) is 13.8 Å². The Morgan fingerprint density at radius 2 is 2.24 bits per heavy atom. The highest BCUT2D eigenvalue weighted by Crippen LogP contribution is 2.18. The van der Waals surface area contributed by atoms with Crippen molar-refractivity contribution in [3.05, 3.63) is 11.4 Å². The van der Waals surface area contributed by atoms with Gasteiger partial charge in [-0.1, -0.05) is 0 Å². The van der Waals surface area contributed by atoms with Crippen LogP contribution in [-0.2, 0) is 0 Å². The first kappa shape index (κ1) is 14.1. The molecular weight excluding hydrogens is 232 g/mol. The molecule has 0 fully saturated rings. The van der Waals surface area contributed by atoms with Crippen LogP contribution in [0.1, 0.15) is 13.8 Å². The molecule has 96 valence electrons. The van der Waals surface area contributed by atoms with E-state index in [0.717, 1.165) is 36.1 Å². The highest BCUT2D eigenvalue weighted by Gasteiger charge is 2.22. The van der Waals surface area contributed by atoms with Gasteiger partial charge < -0.3 is 9.80 Å². The lowest BCUT2D eigenvalue weighted by Gasteiger charge is -2.18. The van der Waals surface area contributed by atoms with Crippen molar-refractivity contribution in [3.63, 3.8) is 0 Å². The number of rotatable bonds is 5. The van der Waals surface area contributed by atoms with Gasteiger partial charge in [0, 0.05) is 38.6 Å². The monoisotopic (exact) mass is 254 g/mol. The Hall–Kier alpha value is -0.970. The molecule has 0 atom stereocenters. The van der Waals surface area contributed by atoms with Gasteiger partial charge in [0.15, 0.2) is 5.84 Å². The number of thioether (sulfide) groups is 1. The van der Waals surface area contributed by atoms with Crippen molar-refractivity contribution in [1.29, 1.82) is 0 Å². The molecule has 1 rings (SSSR count). The molecular formula is C12H22N4S. The van der Waals surface area contributed by atoms with E-state index in [2.05, 4.69) is 39.9 Å². The molecule has 0 radical (unpaired) electrons.